The summed E-state index contributed by atoms with van der Waals surface area (Å²) in [5, 5.41) is 3.46. The molecule has 0 aliphatic rings. The van der Waals surface area contributed by atoms with E-state index < -0.39 is 0 Å². The highest BCUT2D eigenvalue weighted by Gasteiger charge is 2.18. The predicted octanol–water partition coefficient (Wildman–Crippen LogP) is 4.26. The number of halogens is 1. The van der Waals surface area contributed by atoms with Gasteiger partial charge in [-0.2, -0.15) is 0 Å². The van der Waals surface area contributed by atoms with E-state index in [9.17, 15) is 9.59 Å². The van der Waals surface area contributed by atoms with Crippen molar-refractivity contribution in [1.29, 1.82) is 0 Å². The van der Waals surface area contributed by atoms with Crippen molar-refractivity contribution in [2.75, 3.05) is 16.8 Å². The molecular weight excluding hydrogens is 324 g/mol. The number of hydrogen-bond acceptors (Lipinski definition) is 2. The molecule has 1 N–H and O–H groups in total. The fourth-order valence-corrected chi connectivity index (χ4v) is 2.80. The minimum absolute atomic E-state index is 0.0505. The molecule has 2 rings (SSSR count). The van der Waals surface area contributed by atoms with Gasteiger partial charge >= 0.3 is 0 Å². The Hall–Kier alpha value is -2.33. The second-order valence-electron chi connectivity index (χ2n) is 5.90. The van der Waals surface area contributed by atoms with Crippen LogP contribution < -0.4 is 10.2 Å². The third-order valence-electron chi connectivity index (χ3n) is 3.79. The molecule has 0 unspecified atom stereocenters. The average Bonchev–Trinajstić information content (AvgIpc) is 2.48. The Balaban J connectivity index is 2.18. The summed E-state index contributed by atoms with van der Waals surface area (Å²) in [6, 6.07) is 11.0. The van der Waals surface area contributed by atoms with Gasteiger partial charge in [0.15, 0.2) is 0 Å². The number of nitrogens with one attached hydrogen (secondary N) is 1. The van der Waals surface area contributed by atoms with Crippen LogP contribution in [0, 0.1) is 20.8 Å². The first-order chi connectivity index (χ1) is 11.3. The zero-order chi connectivity index (χ0) is 17.9. The van der Waals surface area contributed by atoms with Crippen molar-refractivity contribution < 1.29 is 9.59 Å². The number of amides is 2. The molecule has 0 atom stereocenters. The van der Waals surface area contributed by atoms with Crippen molar-refractivity contribution in [3.8, 4) is 0 Å². The molecule has 0 bridgehead atoms. The van der Waals surface area contributed by atoms with Gasteiger partial charge < -0.3 is 10.2 Å². The van der Waals surface area contributed by atoms with E-state index in [1.165, 1.54) is 11.8 Å². The molecule has 24 heavy (non-hydrogen) atoms. The van der Waals surface area contributed by atoms with Crippen LogP contribution in [-0.2, 0) is 9.59 Å². The van der Waals surface area contributed by atoms with E-state index >= 15 is 0 Å². The van der Waals surface area contributed by atoms with Crippen LogP contribution in [0.4, 0.5) is 11.4 Å². The molecule has 0 aromatic heterocycles. The maximum Gasteiger partial charge on any atom is 0.244 e. The van der Waals surface area contributed by atoms with E-state index in [2.05, 4.69) is 5.32 Å². The predicted molar refractivity (Wildman–Crippen MR) is 98.8 cm³/mol. The standard InChI is InChI=1S/C19H21ClN2O2/c1-12-5-7-17(13(2)9-12)21-19(24)11-22(15(4)23)18-8-6-16(20)10-14(18)3/h5-10H,11H2,1-4H3,(H,21,24). The lowest BCUT2D eigenvalue weighted by Crippen LogP contribution is -2.37. The Morgan fingerprint density at radius 2 is 1.75 bits per heavy atom. The van der Waals surface area contributed by atoms with Crippen LogP contribution >= 0.6 is 11.6 Å². The van der Waals surface area contributed by atoms with E-state index in [4.69, 9.17) is 11.6 Å². The first kappa shape index (κ1) is 18.0. The Morgan fingerprint density at radius 3 is 2.33 bits per heavy atom. The number of carbonyl (C=O) groups excluding carboxylic acids is 2. The van der Waals surface area contributed by atoms with Crippen molar-refractivity contribution >= 4 is 34.8 Å². The van der Waals surface area contributed by atoms with Crippen molar-refractivity contribution in [3.63, 3.8) is 0 Å². The van der Waals surface area contributed by atoms with Gasteiger partial charge in [0, 0.05) is 23.3 Å². The molecule has 4 nitrogen and oxygen atoms in total. The summed E-state index contributed by atoms with van der Waals surface area (Å²) in [7, 11) is 0. The fraction of sp³-hybridized carbons (Fsp3) is 0.263. The summed E-state index contributed by atoms with van der Waals surface area (Å²) in [5.74, 6) is -0.442. The lowest BCUT2D eigenvalue weighted by molar-refractivity contribution is -0.120. The largest absolute Gasteiger partial charge is 0.324 e. The van der Waals surface area contributed by atoms with Crippen LogP contribution in [0.1, 0.15) is 23.6 Å². The van der Waals surface area contributed by atoms with Crippen LogP contribution in [0.2, 0.25) is 5.02 Å². The van der Waals surface area contributed by atoms with Gasteiger partial charge in [-0.3, -0.25) is 9.59 Å². The number of hydrogen-bond donors (Lipinski definition) is 1. The van der Waals surface area contributed by atoms with Gasteiger partial charge in [-0.25, -0.2) is 0 Å². The monoisotopic (exact) mass is 344 g/mol. The van der Waals surface area contributed by atoms with E-state index in [1.54, 1.807) is 18.2 Å². The summed E-state index contributed by atoms with van der Waals surface area (Å²) in [6.45, 7) is 7.19. The molecule has 0 aliphatic carbocycles. The molecule has 2 aromatic carbocycles. The highest BCUT2D eigenvalue weighted by Crippen LogP contribution is 2.24. The minimum atomic E-state index is -0.244. The van der Waals surface area contributed by atoms with E-state index in [0.717, 1.165) is 22.4 Å². The summed E-state index contributed by atoms with van der Waals surface area (Å²) >= 11 is 5.96. The van der Waals surface area contributed by atoms with Crippen molar-refractivity contribution in [3.05, 3.63) is 58.1 Å². The maximum atomic E-state index is 12.4. The molecule has 0 spiro atoms. The average molecular weight is 345 g/mol. The third kappa shape index (κ3) is 4.36. The smallest absolute Gasteiger partial charge is 0.244 e. The lowest BCUT2D eigenvalue weighted by Gasteiger charge is -2.23. The number of benzene rings is 2. The molecule has 2 amide bonds. The highest BCUT2D eigenvalue weighted by molar-refractivity contribution is 6.30. The molecule has 0 saturated carbocycles. The van der Waals surface area contributed by atoms with E-state index in [1.807, 2.05) is 39.0 Å². The number of nitrogens with zero attached hydrogens (tertiary/aromatic N) is 1. The SMILES string of the molecule is CC(=O)N(CC(=O)Nc1ccc(C)cc1C)c1ccc(Cl)cc1C. The van der Waals surface area contributed by atoms with Gasteiger partial charge in [-0.1, -0.05) is 29.3 Å². The van der Waals surface area contributed by atoms with E-state index in [0.29, 0.717) is 10.7 Å². The summed E-state index contributed by atoms with van der Waals surface area (Å²) in [4.78, 5) is 25.8. The van der Waals surface area contributed by atoms with Gasteiger partial charge in [0.25, 0.3) is 0 Å². The second-order valence-corrected chi connectivity index (χ2v) is 6.34. The van der Waals surface area contributed by atoms with Crippen LogP contribution in [0.15, 0.2) is 36.4 Å². The number of carbonyl (C=O) groups is 2. The molecule has 2 aromatic rings. The van der Waals surface area contributed by atoms with Crippen LogP contribution in [0.3, 0.4) is 0 Å². The zero-order valence-corrected chi connectivity index (χ0v) is 15.1. The quantitative estimate of drug-likeness (QED) is 0.901. The van der Waals surface area contributed by atoms with Gasteiger partial charge in [-0.05, 0) is 56.2 Å². The number of anilines is 2. The molecule has 0 saturated heterocycles. The molecule has 0 heterocycles. The van der Waals surface area contributed by atoms with Gasteiger partial charge in [0.05, 0.1) is 0 Å². The second kappa shape index (κ2) is 7.49. The normalized spacial score (nSPS) is 10.4. The summed E-state index contributed by atoms with van der Waals surface area (Å²) in [5.41, 5.74) is 4.40. The molecular formula is C19H21ClN2O2. The number of rotatable bonds is 4. The van der Waals surface area contributed by atoms with Gasteiger partial charge in [0.2, 0.25) is 11.8 Å². The molecule has 5 heteroatoms. The topological polar surface area (TPSA) is 49.4 Å². The summed E-state index contributed by atoms with van der Waals surface area (Å²) in [6.07, 6.45) is 0. The van der Waals surface area contributed by atoms with Crippen molar-refractivity contribution in [1.82, 2.24) is 0 Å². The van der Waals surface area contributed by atoms with Crippen LogP contribution in [0.25, 0.3) is 0 Å². The molecule has 0 radical (unpaired) electrons. The zero-order valence-electron chi connectivity index (χ0n) is 14.3. The maximum absolute atomic E-state index is 12.4. The van der Waals surface area contributed by atoms with E-state index in [-0.39, 0.29) is 18.4 Å². The highest BCUT2D eigenvalue weighted by atomic mass is 35.5. The Kier molecular flexibility index (Phi) is 5.62. The van der Waals surface area contributed by atoms with Crippen molar-refractivity contribution in [2.45, 2.75) is 27.7 Å². The van der Waals surface area contributed by atoms with Gasteiger partial charge in [-0.15, -0.1) is 0 Å². The first-order valence-corrected chi connectivity index (χ1v) is 8.07. The summed E-state index contributed by atoms with van der Waals surface area (Å²) < 4.78 is 0. The Labute approximate surface area is 147 Å². The minimum Gasteiger partial charge on any atom is -0.324 e. The molecule has 0 aliphatic heterocycles. The lowest BCUT2D eigenvalue weighted by atomic mass is 10.1. The Bertz CT molecular complexity index is 787. The third-order valence-corrected chi connectivity index (χ3v) is 4.02. The Morgan fingerprint density at radius 1 is 1.04 bits per heavy atom. The first-order valence-electron chi connectivity index (χ1n) is 7.69. The van der Waals surface area contributed by atoms with Crippen molar-refractivity contribution in [2.24, 2.45) is 0 Å². The number of aryl methyl sites for hydroxylation is 3. The van der Waals surface area contributed by atoms with Crippen LogP contribution in [-0.4, -0.2) is 18.4 Å². The molecule has 0 fully saturated rings. The van der Waals surface area contributed by atoms with Gasteiger partial charge in [0.1, 0.15) is 6.54 Å². The molecule has 126 valence electrons. The fourth-order valence-electron chi connectivity index (χ4n) is 2.58. The van der Waals surface area contributed by atoms with Crippen LogP contribution in [0.5, 0.6) is 0 Å².